The zero-order chi connectivity index (χ0) is 16.8. The van der Waals surface area contributed by atoms with Crippen LogP contribution in [0.4, 0.5) is 5.95 Å². The topological polar surface area (TPSA) is 61.3 Å². The molecule has 1 fully saturated rings. The Morgan fingerprint density at radius 3 is 2.46 bits per heavy atom. The second kappa shape index (κ2) is 8.22. The van der Waals surface area contributed by atoms with Crippen molar-refractivity contribution < 1.29 is 5.11 Å². The highest BCUT2D eigenvalue weighted by molar-refractivity contribution is 5.29. The van der Waals surface area contributed by atoms with Crippen LogP contribution in [0.15, 0.2) is 42.7 Å². The number of benzene rings is 1. The third-order valence-electron chi connectivity index (χ3n) is 4.66. The van der Waals surface area contributed by atoms with Gasteiger partial charge in [0.05, 0.1) is 0 Å². The van der Waals surface area contributed by atoms with Gasteiger partial charge in [0.25, 0.3) is 0 Å². The minimum Gasteiger partial charge on any atom is -0.396 e. The van der Waals surface area contributed by atoms with Crippen LogP contribution in [0.3, 0.4) is 0 Å². The molecule has 1 aliphatic rings. The number of hydrogen-bond donors (Lipinski definition) is 2. The number of aliphatic hydroxyl groups excluding tert-OH is 1. The van der Waals surface area contributed by atoms with E-state index in [9.17, 15) is 5.11 Å². The smallest absolute Gasteiger partial charge is 0.225 e. The van der Waals surface area contributed by atoms with Crippen molar-refractivity contribution in [1.29, 1.82) is 0 Å². The second-order valence-corrected chi connectivity index (χ2v) is 6.45. The van der Waals surface area contributed by atoms with Crippen molar-refractivity contribution in [3.8, 4) is 0 Å². The van der Waals surface area contributed by atoms with Crippen LogP contribution in [0.2, 0.25) is 0 Å². The molecule has 0 radical (unpaired) electrons. The van der Waals surface area contributed by atoms with Gasteiger partial charge in [-0.2, -0.15) is 0 Å². The van der Waals surface area contributed by atoms with E-state index in [0.29, 0.717) is 6.04 Å². The second-order valence-electron chi connectivity index (χ2n) is 6.45. The summed E-state index contributed by atoms with van der Waals surface area (Å²) in [6.45, 7) is 4.21. The van der Waals surface area contributed by atoms with E-state index in [2.05, 4.69) is 51.4 Å². The van der Waals surface area contributed by atoms with Crippen molar-refractivity contribution in [2.75, 3.05) is 24.6 Å². The first-order valence-corrected chi connectivity index (χ1v) is 8.71. The molecule has 128 valence electrons. The lowest BCUT2D eigenvalue weighted by molar-refractivity contribution is 0.252. The summed E-state index contributed by atoms with van der Waals surface area (Å²) in [5, 5.41) is 13.1. The summed E-state index contributed by atoms with van der Waals surface area (Å²) in [7, 11) is 0. The first kappa shape index (κ1) is 16.9. The van der Waals surface area contributed by atoms with Crippen LogP contribution in [0.25, 0.3) is 0 Å². The fourth-order valence-corrected chi connectivity index (χ4v) is 3.26. The lowest BCUT2D eigenvalue weighted by Crippen LogP contribution is -2.44. The van der Waals surface area contributed by atoms with E-state index in [1.807, 2.05) is 6.07 Å². The Morgan fingerprint density at radius 1 is 1.17 bits per heavy atom. The van der Waals surface area contributed by atoms with E-state index in [0.717, 1.165) is 38.3 Å². The highest BCUT2D eigenvalue weighted by Gasteiger charge is 2.23. The number of aromatic nitrogens is 2. The number of hydrogen-bond acceptors (Lipinski definition) is 5. The molecule has 1 atom stereocenters. The quantitative estimate of drug-likeness (QED) is 0.854. The molecule has 0 aliphatic carbocycles. The van der Waals surface area contributed by atoms with Crippen molar-refractivity contribution in [3.63, 3.8) is 0 Å². The van der Waals surface area contributed by atoms with Gasteiger partial charge in [-0.05, 0) is 37.8 Å². The molecule has 0 bridgehead atoms. The Hall–Kier alpha value is -1.98. The SMILES string of the molecule is Cc1ccc([C@@H](CCO)NC2CCN(c3ncccn3)CC2)cc1. The molecule has 2 N–H and O–H groups in total. The van der Waals surface area contributed by atoms with Gasteiger partial charge >= 0.3 is 0 Å². The predicted molar refractivity (Wildman–Crippen MR) is 96.0 cm³/mol. The zero-order valence-electron chi connectivity index (χ0n) is 14.2. The van der Waals surface area contributed by atoms with E-state index < -0.39 is 0 Å². The summed E-state index contributed by atoms with van der Waals surface area (Å²) >= 11 is 0. The van der Waals surface area contributed by atoms with Crippen molar-refractivity contribution >= 4 is 5.95 Å². The largest absolute Gasteiger partial charge is 0.396 e. The summed E-state index contributed by atoms with van der Waals surface area (Å²) in [6.07, 6.45) is 6.45. The summed E-state index contributed by atoms with van der Waals surface area (Å²) in [5.74, 6) is 0.821. The number of rotatable bonds is 6. The molecular formula is C19H26N4O. The maximum atomic E-state index is 9.41. The van der Waals surface area contributed by atoms with Crippen LogP contribution in [0.1, 0.15) is 36.4 Å². The first-order valence-electron chi connectivity index (χ1n) is 8.71. The van der Waals surface area contributed by atoms with Gasteiger partial charge in [0.2, 0.25) is 5.95 Å². The molecule has 2 heterocycles. The highest BCUT2D eigenvalue weighted by Crippen LogP contribution is 2.22. The van der Waals surface area contributed by atoms with E-state index in [1.54, 1.807) is 12.4 Å². The highest BCUT2D eigenvalue weighted by atomic mass is 16.3. The zero-order valence-corrected chi connectivity index (χ0v) is 14.2. The third-order valence-corrected chi connectivity index (χ3v) is 4.66. The number of nitrogens with one attached hydrogen (secondary N) is 1. The summed E-state index contributed by atoms with van der Waals surface area (Å²) in [4.78, 5) is 10.9. The van der Waals surface area contributed by atoms with E-state index >= 15 is 0 Å². The molecule has 0 unspecified atom stereocenters. The standard InChI is InChI=1S/C19H26N4O/c1-15-3-5-16(6-4-15)18(9-14-24)22-17-7-12-23(13-8-17)19-20-10-2-11-21-19/h2-6,10-11,17-18,22,24H,7-9,12-14H2,1H3/t18-/m1/s1. The van der Waals surface area contributed by atoms with Crippen LogP contribution < -0.4 is 10.2 Å². The molecule has 0 spiro atoms. The van der Waals surface area contributed by atoms with Gasteiger partial charge in [-0.25, -0.2) is 9.97 Å². The minimum absolute atomic E-state index is 0.197. The van der Waals surface area contributed by atoms with E-state index in [1.165, 1.54) is 11.1 Å². The molecule has 2 aromatic rings. The lowest BCUT2D eigenvalue weighted by atomic mass is 9.98. The van der Waals surface area contributed by atoms with Crippen LogP contribution in [-0.2, 0) is 0 Å². The fourth-order valence-electron chi connectivity index (χ4n) is 3.26. The monoisotopic (exact) mass is 326 g/mol. The van der Waals surface area contributed by atoms with Gasteiger partial charge < -0.3 is 15.3 Å². The van der Waals surface area contributed by atoms with Crippen molar-refractivity contribution in [3.05, 3.63) is 53.9 Å². The van der Waals surface area contributed by atoms with Crippen molar-refractivity contribution in [2.24, 2.45) is 0 Å². The Bertz CT molecular complexity index is 609. The minimum atomic E-state index is 0.197. The van der Waals surface area contributed by atoms with Crippen LogP contribution in [0.5, 0.6) is 0 Å². The lowest BCUT2D eigenvalue weighted by Gasteiger charge is -2.34. The van der Waals surface area contributed by atoms with Gasteiger partial charge in [-0.1, -0.05) is 29.8 Å². The normalized spacial score (nSPS) is 17.0. The molecule has 1 aliphatic heterocycles. The predicted octanol–water partition coefficient (Wildman–Crippen LogP) is 2.47. The number of aliphatic hydroxyl groups is 1. The van der Waals surface area contributed by atoms with Crippen molar-refractivity contribution in [1.82, 2.24) is 15.3 Å². The maximum Gasteiger partial charge on any atom is 0.225 e. The average Bonchev–Trinajstić information content (AvgIpc) is 2.63. The number of anilines is 1. The Morgan fingerprint density at radius 2 is 1.83 bits per heavy atom. The molecule has 5 heteroatoms. The molecule has 1 aromatic heterocycles. The van der Waals surface area contributed by atoms with E-state index in [-0.39, 0.29) is 12.6 Å². The van der Waals surface area contributed by atoms with Crippen LogP contribution in [-0.4, -0.2) is 40.8 Å². The summed E-state index contributed by atoms with van der Waals surface area (Å²) in [5.41, 5.74) is 2.51. The van der Waals surface area contributed by atoms with Gasteiger partial charge in [-0.3, -0.25) is 0 Å². The Balaban J connectivity index is 1.58. The molecule has 24 heavy (non-hydrogen) atoms. The van der Waals surface area contributed by atoms with E-state index in [4.69, 9.17) is 0 Å². The molecule has 1 aromatic carbocycles. The van der Waals surface area contributed by atoms with Gasteiger partial charge in [0.15, 0.2) is 0 Å². The van der Waals surface area contributed by atoms with Crippen LogP contribution >= 0.6 is 0 Å². The van der Waals surface area contributed by atoms with Crippen LogP contribution in [0, 0.1) is 6.92 Å². The first-order chi connectivity index (χ1) is 11.8. The fraction of sp³-hybridized carbons (Fsp3) is 0.474. The van der Waals surface area contributed by atoms with Gasteiger partial charge in [0, 0.05) is 44.2 Å². The van der Waals surface area contributed by atoms with Gasteiger partial charge in [-0.15, -0.1) is 0 Å². The Labute approximate surface area is 143 Å². The van der Waals surface area contributed by atoms with Crippen molar-refractivity contribution in [2.45, 2.75) is 38.3 Å². The maximum absolute atomic E-state index is 9.41. The molecular weight excluding hydrogens is 300 g/mol. The Kier molecular flexibility index (Phi) is 5.77. The number of aryl methyl sites for hydroxylation is 1. The number of nitrogens with zero attached hydrogens (tertiary/aromatic N) is 3. The molecule has 0 amide bonds. The number of piperidine rings is 1. The third kappa shape index (κ3) is 4.30. The molecule has 5 nitrogen and oxygen atoms in total. The summed E-state index contributed by atoms with van der Waals surface area (Å²) < 4.78 is 0. The molecule has 3 rings (SSSR count). The van der Waals surface area contributed by atoms with Gasteiger partial charge in [0.1, 0.15) is 0 Å². The molecule has 0 saturated carbocycles. The average molecular weight is 326 g/mol. The summed E-state index contributed by atoms with van der Waals surface area (Å²) in [6, 6.07) is 11.1. The molecule has 1 saturated heterocycles.